The van der Waals surface area contributed by atoms with Crippen LogP contribution >= 0.6 is 0 Å². The Kier molecular flexibility index (Phi) is 3.05. The molecule has 0 unspecified atom stereocenters. The SMILES string of the molecule is Cn1cc(NC(=O)c2ccc3c(c2)CNCC3)cn1. The van der Waals surface area contributed by atoms with Crippen molar-refractivity contribution in [1.82, 2.24) is 15.1 Å². The second-order valence-corrected chi connectivity index (χ2v) is 4.77. The van der Waals surface area contributed by atoms with Gasteiger partial charge in [-0.1, -0.05) is 6.07 Å². The van der Waals surface area contributed by atoms with Gasteiger partial charge in [0.15, 0.2) is 0 Å². The monoisotopic (exact) mass is 256 g/mol. The van der Waals surface area contributed by atoms with Crippen LogP contribution in [0.4, 0.5) is 5.69 Å². The van der Waals surface area contributed by atoms with E-state index in [0.717, 1.165) is 19.5 Å². The Balaban J connectivity index is 1.80. The van der Waals surface area contributed by atoms with Crippen LogP contribution < -0.4 is 10.6 Å². The number of hydrogen-bond acceptors (Lipinski definition) is 3. The zero-order chi connectivity index (χ0) is 13.2. The Labute approximate surface area is 111 Å². The van der Waals surface area contributed by atoms with Gasteiger partial charge in [0.05, 0.1) is 11.9 Å². The second kappa shape index (κ2) is 4.85. The molecule has 1 amide bonds. The molecule has 98 valence electrons. The maximum Gasteiger partial charge on any atom is 0.255 e. The minimum atomic E-state index is -0.0960. The molecule has 2 aromatic rings. The molecule has 0 atom stereocenters. The van der Waals surface area contributed by atoms with E-state index in [2.05, 4.69) is 15.7 Å². The molecule has 1 aromatic carbocycles. The van der Waals surface area contributed by atoms with Crippen molar-refractivity contribution in [1.29, 1.82) is 0 Å². The number of aromatic nitrogens is 2. The summed E-state index contributed by atoms with van der Waals surface area (Å²) in [7, 11) is 1.82. The predicted octanol–water partition coefficient (Wildman–Crippen LogP) is 1.32. The lowest BCUT2D eigenvalue weighted by atomic mass is 9.98. The molecule has 0 radical (unpaired) electrons. The van der Waals surface area contributed by atoms with Gasteiger partial charge in [-0.3, -0.25) is 9.48 Å². The summed E-state index contributed by atoms with van der Waals surface area (Å²) >= 11 is 0. The summed E-state index contributed by atoms with van der Waals surface area (Å²) < 4.78 is 1.66. The van der Waals surface area contributed by atoms with Crippen LogP contribution in [0.5, 0.6) is 0 Å². The fraction of sp³-hybridized carbons (Fsp3) is 0.286. The molecule has 1 aromatic heterocycles. The average Bonchev–Trinajstić information content (AvgIpc) is 2.83. The molecule has 5 nitrogen and oxygen atoms in total. The smallest absolute Gasteiger partial charge is 0.255 e. The highest BCUT2D eigenvalue weighted by Crippen LogP contribution is 2.17. The minimum absolute atomic E-state index is 0.0960. The van der Waals surface area contributed by atoms with E-state index in [1.54, 1.807) is 17.1 Å². The number of anilines is 1. The lowest BCUT2D eigenvalue weighted by Gasteiger charge is -2.17. The van der Waals surface area contributed by atoms with Crippen molar-refractivity contribution < 1.29 is 4.79 Å². The van der Waals surface area contributed by atoms with Gasteiger partial charge in [-0.2, -0.15) is 5.10 Å². The van der Waals surface area contributed by atoms with E-state index < -0.39 is 0 Å². The summed E-state index contributed by atoms with van der Waals surface area (Å²) in [5, 5.41) is 10.2. The molecular formula is C14H16N4O. The van der Waals surface area contributed by atoms with Crippen molar-refractivity contribution in [2.75, 3.05) is 11.9 Å². The van der Waals surface area contributed by atoms with Gasteiger partial charge in [-0.25, -0.2) is 0 Å². The highest BCUT2D eigenvalue weighted by molar-refractivity contribution is 6.04. The first-order valence-electron chi connectivity index (χ1n) is 6.35. The molecule has 0 spiro atoms. The molecule has 19 heavy (non-hydrogen) atoms. The first kappa shape index (κ1) is 11.9. The van der Waals surface area contributed by atoms with Gasteiger partial charge in [0.2, 0.25) is 0 Å². The summed E-state index contributed by atoms with van der Waals surface area (Å²) in [6.07, 6.45) is 4.44. The van der Waals surface area contributed by atoms with Crippen molar-refractivity contribution in [2.45, 2.75) is 13.0 Å². The maximum atomic E-state index is 12.1. The lowest BCUT2D eigenvalue weighted by molar-refractivity contribution is 0.102. The molecule has 1 aliphatic heterocycles. The quantitative estimate of drug-likeness (QED) is 0.852. The van der Waals surface area contributed by atoms with Gasteiger partial charge in [0.25, 0.3) is 5.91 Å². The number of carbonyl (C=O) groups excluding carboxylic acids is 1. The van der Waals surface area contributed by atoms with Gasteiger partial charge >= 0.3 is 0 Å². The summed E-state index contributed by atoms with van der Waals surface area (Å²) in [5.41, 5.74) is 3.94. The molecule has 2 N–H and O–H groups in total. The number of carbonyl (C=O) groups is 1. The van der Waals surface area contributed by atoms with E-state index in [-0.39, 0.29) is 5.91 Å². The Morgan fingerprint density at radius 1 is 1.42 bits per heavy atom. The third kappa shape index (κ3) is 2.51. The Morgan fingerprint density at radius 3 is 3.11 bits per heavy atom. The van der Waals surface area contributed by atoms with Crippen LogP contribution in [0.25, 0.3) is 0 Å². The van der Waals surface area contributed by atoms with Crippen molar-refractivity contribution >= 4 is 11.6 Å². The highest BCUT2D eigenvalue weighted by Gasteiger charge is 2.12. The molecule has 0 aliphatic carbocycles. The van der Waals surface area contributed by atoms with E-state index in [1.807, 2.05) is 25.2 Å². The first-order chi connectivity index (χ1) is 9.22. The molecule has 0 fully saturated rings. The van der Waals surface area contributed by atoms with E-state index in [1.165, 1.54) is 11.1 Å². The Bertz CT molecular complexity index is 618. The fourth-order valence-corrected chi connectivity index (χ4v) is 2.31. The third-order valence-corrected chi connectivity index (χ3v) is 3.32. The van der Waals surface area contributed by atoms with Gasteiger partial charge in [-0.05, 0) is 36.2 Å². The molecule has 3 rings (SSSR count). The predicted molar refractivity (Wildman–Crippen MR) is 73.0 cm³/mol. The van der Waals surface area contributed by atoms with E-state index in [4.69, 9.17) is 0 Å². The van der Waals surface area contributed by atoms with Crippen LogP contribution in [0.3, 0.4) is 0 Å². The summed E-state index contributed by atoms with van der Waals surface area (Å²) in [4.78, 5) is 12.1. The highest BCUT2D eigenvalue weighted by atomic mass is 16.1. The average molecular weight is 256 g/mol. The Morgan fingerprint density at radius 2 is 2.32 bits per heavy atom. The third-order valence-electron chi connectivity index (χ3n) is 3.32. The van der Waals surface area contributed by atoms with Crippen LogP contribution in [0.2, 0.25) is 0 Å². The van der Waals surface area contributed by atoms with Crippen LogP contribution in [0.1, 0.15) is 21.5 Å². The number of amides is 1. The zero-order valence-corrected chi connectivity index (χ0v) is 10.8. The number of hydrogen-bond donors (Lipinski definition) is 2. The van der Waals surface area contributed by atoms with Gasteiger partial charge < -0.3 is 10.6 Å². The largest absolute Gasteiger partial charge is 0.319 e. The van der Waals surface area contributed by atoms with Crippen LogP contribution in [0, 0.1) is 0 Å². The van der Waals surface area contributed by atoms with Crippen LogP contribution in [0.15, 0.2) is 30.6 Å². The van der Waals surface area contributed by atoms with Crippen molar-refractivity contribution in [3.63, 3.8) is 0 Å². The van der Waals surface area contributed by atoms with E-state index in [0.29, 0.717) is 11.3 Å². The molecule has 2 heterocycles. The molecular weight excluding hydrogens is 240 g/mol. The van der Waals surface area contributed by atoms with Crippen molar-refractivity contribution in [3.05, 3.63) is 47.3 Å². The standard InChI is InChI=1S/C14H16N4O/c1-18-9-13(8-16-18)17-14(19)11-3-2-10-4-5-15-7-12(10)6-11/h2-3,6,8-9,15H,4-5,7H2,1H3,(H,17,19). The molecule has 1 aliphatic rings. The zero-order valence-electron chi connectivity index (χ0n) is 10.8. The normalized spacial score (nSPS) is 13.9. The van der Waals surface area contributed by atoms with Crippen LogP contribution in [-0.2, 0) is 20.0 Å². The van der Waals surface area contributed by atoms with Crippen molar-refractivity contribution in [3.8, 4) is 0 Å². The number of rotatable bonds is 2. The first-order valence-corrected chi connectivity index (χ1v) is 6.35. The minimum Gasteiger partial charge on any atom is -0.319 e. The van der Waals surface area contributed by atoms with E-state index >= 15 is 0 Å². The number of nitrogens with one attached hydrogen (secondary N) is 2. The van der Waals surface area contributed by atoms with Gasteiger partial charge in [0.1, 0.15) is 0 Å². The molecule has 0 bridgehead atoms. The number of benzene rings is 1. The molecule has 0 saturated carbocycles. The Hall–Kier alpha value is -2.14. The fourth-order valence-electron chi connectivity index (χ4n) is 2.31. The summed E-state index contributed by atoms with van der Waals surface area (Å²) in [6.45, 7) is 1.84. The summed E-state index contributed by atoms with van der Waals surface area (Å²) in [6, 6.07) is 5.90. The number of aryl methyl sites for hydroxylation is 1. The van der Waals surface area contributed by atoms with E-state index in [9.17, 15) is 4.79 Å². The van der Waals surface area contributed by atoms with Gasteiger partial charge in [0, 0.05) is 25.4 Å². The molecule has 0 saturated heterocycles. The second-order valence-electron chi connectivity index (χ2n) is 4.77. The molecule has 5 heteroatoms. The van der Waals surface area contributed by atoms with Crippen LogP contribution in [-0.4, -0.2) is 22.2 Å². The van der Waals surface area contributed by atoms with Crippen molar-refractivity contribution in [2.24, 2.45) is 7.05 Å². The summed E-state index contributed by atoms with van der Waals surface area (Å²) in [5.74, 6) is -0.0960. The van der Waals surface area contributed by atoms with Gasteiger partial charge in [-0.15, -0.1) is 0 Å². The lowest BCUT2D eigenvalue weighted by Crippen LogP contribution is -2.24. The maximum absolute atomic E-state index is 12.1. The topological polar surface area (TPSA) is 59.0 Å². The number of fused-ring (bicyclic) bond motifs is 1. The number of nitrogens with zero attached hydrogens (tertiary/aromatic N) is 2.